The highest BCUT2D eigenvalue weighted by Crippen LogP contribution is 2.22. The quantitative estimate of drug-likeness (QED) is 0.853. The van der Waals surface area contributed by atoms with Crippen LogP contribution in [0.1, 0.15) is 5.56 Å². The lowest BCUT2D eigenvalue weighted by Gasteiger charge is -2.26. The monoisotopic (exact) mass is 308 g/mol. The molecule has 0 amide bonds. The largest absolute Gasteiger partial charge is 0.378 e. The molecule has 0 aliphatic carbocycles. The van der Waals surface area contributed by atoms with E-state index in [1.807, 2.05) is 17.9 Å². The van der Waals surface area contributed by atoms with Crippen LogP contribution in [0.25, 0.3) is 11.4 Å². The fourth-order valence-corrected chi connectivity index (χ4v) is 2.39. The molecule has 1 aliphatic rings. The molecule has 21 heavy (non-hydrogen) atoms. The fourth-order valence-electron chi connectivity index (χ4n) is 2.24. The van der Waals surface area contributed by atoms with Gasteiger partial charge in [0.25, 0.3) is 0 Å². The number of anilines is 1. The zero-order valence-electron chi connectivity index (χ0n) is 11.5. The number of benzene rings is 1. The van der Waals surface area contributed by atoms with Crippen molar-refractivity contribution in [1.29, 1.82) is 0 Å². The van der Waals surface area contributed by atoms with Crippen LogP contribution in [0.2, 0.25) is 5.28 Å². The molecule has 0 unspecified atom stereocenters. The van der Waals surface area contributed by atoms with Crippen LogP contribution in [-0.2, 0) is 4.74 Å². The fraction of sp³-hybridized carbons (Fsp3) is 0.357. The molecule has 7 heteroatoms. The van der Waals surface area contributed by atoms with Crippen molar-refractivity contribution in [3.05, 3.63) is 34.9 Å². The van der Waals surface area contributed by atoms with Crippen LogP contribution in [-0.4, -0.2) is 41.3 Å². The Hall–Kier alpha value is -1.79. The molecule has 0 N–H and O–H groups in total. The number of morpholine rings is 1. The Morgan fingerprint density at radius 1 is 1.14 bits per heavy atom. The molecule has 1 aliphatic heterocycles. The third kappa shape index (κ3) is 3.28. The molecule has 1 fully saturated rings. The van der Waals surface area contributed by atoms with Crippen molar-refractivity contribution >= 4 is 17.5 Å². The molecular formula is C14H14ClFN4O. The summed E-state index contributed by atoms with van der Waals surface area (Å²) in [6.45, 7) is 4.46. The van der Waals surface area contributed by atoms with Crippen molar-refractivity contribution in [2.75, 3.05) is 31.2 Å². The van der Waals surface area contributed by atoms with Crippen LogP contribution in [0.3, 0.4) is 0 Å². The molecule has 0 radical (unpaired) electrons. The molecule has 110 valence electrons. The van der Waals surface area contributed by atoms with E-state index >= 15 is 0 Å². The average Bonchev–Trinajstić information content (AvgIpc) is 2.46. The number of nitrogens with zero attached hydrogens (tertiary/aromatic N) is 4. The van der Waals surface area contributed by atoms with E-state index in [9.17, 15) is 4.39 Å². The summed E-state index contributed by atoms with van der Waals surface area (Å²) in [4.78, 5) is 14.6. The first kappa shape index (κ1) is 14.2. The molecular weight excluding hydrogens is 295 g/mol. The zero-order chi connectivity index (χ0) is 14.8. The van der Waals surface area contributed by atoms with Gasteiger partial charge >= 0.3 is 0 Å². The van der Waals surface area contributed by atoms with Crippen LogP contribution in [0, 0.1) is 12.7 Å². The Labute approximate surface area is 126 Å². The Bertz CT molecular complexity index is 641. The van der Waals surface area contributed by atoms with Gasteiger partial charge in [0.1, 0.15) is 5.82 Å². The van der Waals surface area contributed by atoms with Gasteiger partial charge in [-0.05, 0) is 42.3 Å². The van der Waals surface area contributed by atoms with E-state index in [0.717, 1.165) is 5.56 Å². The number of hydrogen-bond acceptors (Lipinski definition) is 5. The summed E-state index contributed by atoms with van der Waals surface area (Å²) in [6.07, 6.45) is 0. The summed E-state index contributed by atoms with van der Waals surface area (Å²) in [7, 11) is 0. The number of aromatic nitrogens is 3. The highest BCUT2D eigenvalue weighted by atomic mass is 35.5. The summed E-state index contributed by atoms with van der Waals surface area (Å²) in [5.41, 5.74) is 1.39. The summed E-state index contributed by atoms with van der Waals surface area (Å²) < 4.78 is 18.8. The van der Waals surface area contributed by atoms with Crippen LogP contribution >= 0.6 is 11.6 Å². The molecule has 1 saturated heterocycles. The zero-order valence-corrected chi connectivity index (χ0v) is 12.3. The van der Waals surface area contributed by atoms with Gasteiger partial charge in [0.2, 0.25) is 11.2 Å². The summed E-state index contributed by atoms with van der Waals surface area (Å²) >= 11 is 5.98. The van der Waals surface area contributed by atoms with Gasteiger partial charge in [-0.15, -0.1) is 0 Å². The Morgan fingerprint density at radius 2 is 1.90 bits per heavy atom. The van der Waals surface area contributed by atoms with Crippen molar-refractivity contribution in [2.45, 2.75) is 6.92 Å². The first-order chi connectivity index (χ1) is 10.1. The van der Waals surface area contributed by atoms with Crippen LogP contribution in [0.4, 0.5) is 10.3 Å². The van der Waals surface area contributed by atoms with Crippen molar-refractivity contribution < 1.29 is 9.13 Å². The standard InChI is InChI=1S/C14H14ClFN4O/c1-9-6-10(8-11(16)7-9)12-17-13(15)19-14(18-12)20-2-4-21-5-3-20/h6-8H,2-5H2,1H3. The number of aryl methyl sites for hydroxylation is 1. The predicted octanol–water partition coefficient (Wildman–Crippen LogP) is 2.48. The lowest BCUT2D eigenvalue weighted by Crippen LogP contribution is -2.37. The maximum Gasteiger partial charge on any atom is 0.230 e. The number of hydrogen-bond donors (Lipinski definition) is 0. The predicted molar refractivity (Wildman–Crippen MR) is 78.0 cm³/mol. The minimum absolute atomic E-state index is 0.100. The molecule has 1 aromatic carbocycles. The second-order valence-electron chi connectivity index (χ2n) is 4.84. The van der Waals surface area contributed by atoms with E-state index in [4.69, 9.17) is 16.3 Å². The van der Waals surface area contributed by atoms with Crippen molar-refractivity contribution in [2.24, 2.45) is 0 Å². The maximum atomic E-state index is 13.5. The minimum atomic E-state index is -0.325. The second kappa shape index (κ2) is 5.91. The van der Waals surface area contributed by atoms with Gasteiger partial charge < -0.3 is 9.64 Å². The number of halogens is 2. The Balaban J connectivity index is 2.00. The number of ether oxygens (including phenoxy) is 1. The van der Waals surface area contributed by atoms with Crippen molar-refractivity contribution in [1.82, 2.24) is 15.0 Å². The lowest BCUT2D eigenvalue weighted by atomic mass is 10.1. The van der Waals surface area contributed by atoms with Gasteiger partial charge in [-0.3, -0.25) is 0 Å². The van der Waals surface area contributed by atoms with E-state index in [1.165, 1.54) is 12.1 Å². The van der Waals surface area contributed by atoms with Gasteiger partial charge in [0.15, 0.2) is 5.82 Å². The SMILES string of the molecule is Cc1cc(F)cc(-c2nc(Cl)nc(N3CCOCC3)n2)c1. The molecule has 2 aromatic rings. The molecule has 0 atom stereocenters. The van der Waals surface area contributed by atoms with Crippen LogP contribution in [0.15, 0.2) is 18.2 Å². The van der Waals surface area contributed by atoms with Gasteiger partial charge in [0, 0.05) is 18.7 Å². The summed E-state index contributed by atoms with van der Waals surface area (Å²) in [6, 6.07) is 4.66. The third-order valence-corrected chi connectivity index (χ3v) is 3.36. The van der Waals surface area contributed by atoms with Crippen LogP contribution < -0.4 is 4.90 Å². The van der Waals surface area contributed by atoms with Gasteiger partial charge in [-0.25, -0.2) is 4.39 Å². The summed E-state index contributed by atoms with van der Waals surface area (Å²) in [5.74, 6) is 0.545. The van der Waals surface area contributed by atoms with E-state index < -0.39 is 0 Å². The topological polar surface area (TPSA) is 51.1 Å². The van der Waals surface area contributed by atoms with E-state index in [1.54, 1.807) is 0 Å². The number of rotatable bonds is 2. The van der Waals surface area contributed by atoms with Crippen molar-refractivity contribution in [3.63, 3.8) is 0 Å². The van der Waals surface area contributed by atoms with Crippen molar-refractivity contribution in [3.8, 4) is 11.4 Å². The molecule has 0 saturated carbocycles. The van der Waals surface area contributed by atoms with Gasteiger partial charge in [-0.2, -0.15) is 15.0 Å². The molecule has 2 heterocycles. The minimum Gasteiger partial charge on any atom is -0.378 e. The first-order valence-corrected chi connectivity index (χ1v) is 7.01. The Kier molecular flexibility index (Phi) is 3.98. The highest BCUT2D eigenvalue weighted by Gasteiger charge is 2.17. The van der Waals surface area contributed by atoms with Gasteiger partial charge in [-0.1, -0.05) is 0 Å². The van der Waals surface area contributed by atoms with Crippen LogP contribution in [0.5, 0.6) is 0 Å². The third-order valence-electron chi connectivity index (χ3n) is 3.19. The molecule has 5 nitrogen and oxygen atoms in total. The molecule has 0 bridgehead atoms. The maximum absolute atomic E-state index is 13.5. The van der Waals surface area contributed by atoms with E-state index in [2.05, 4.69) is 15.0 Å². The normalized spacial score (nSPS) is 15.3. The molecule has 0 spiro atoms. The molecule has 1 aromatic heterocycles. The first-order valence-electron chi connectivity index (χ1n) is 6.64. The van der Waals surface area contributed by atoms with E-state index in [-0.39, 0.29) is 11.1 Å². The molecule has 3 rings (SSSR count). The summed E-state index contributed by atoms with van der Waals surface area (Å²) in [5, 5.41) is 0.100. The second-order valence-corrected chi connectivity index (χ2v) is 5.18. The average molecular weight is 309 g/mol. The smallest absolute Gasteiger partial charge is 0.230 e. The Morgan fingerprint density at radius 3 is 2.62 bits per heavy atom. The lowest BCUT2D eigenvalue weighted by molar-refractivity contribution is 0.122. The van der Waals surface area contributed by atoms with Gasteiger partial charge in [0.05, 0.1) is 13.2 Å². The van der Waals surface area contributed by atoms with E-state index in [0.29, 0.717) is 43.6 Å². The highest BCUT2D eigenvalue weighted by molar-refractivity contribution is 6.28.